The number of rotatable bonds is 4. The van der Waals surface area contributed by atoms with E-state index in [1.54, 1.807) is 6.92 Å². The number of alkyl halides is 2. The molecule has 136 valence electrons. The molecule has 3 aliphatic rings. The molecular formula is C18H23F2N3O2. The molecule has 1 amide bonds. The number of amides is 1. The number of carbonyl (C=O) groups is 1. The number of pyridine rings is 1. The molecule has 0 radical (unpaired) electrons. The van der Waals surface area contributed by atoms with E-state index >= 15 is 0 Å². The third-order valence-corrected chi connectivity index (χ3v) is 5.70. The van der Waals surface area contributed by atoms with Crippen molar-refractivity contribution in [2.24, 2.45) is 5.41 Å². The van der Waals surface area contributed by atoms with Crippen molar-refractivity contribution in [3.8, 4) is 0 Å². The molecule has 1 saturated carbocycles. The second-order valence-corrected chi connectivity index (χ2v) is 7.74. The Balaban J connectivity index is 1.35. The van der Waals surface area contributed by atoms with Gasteiger partial charge in [-0.25, -0.2) is 13.8 Å². The number of fused-ring (bicyclic) bond motifs is 1. The van der Waals surface area contributed by atoms with Gasteiger partial charge >= 0.3 is 0 Å². The van der Waals surface area contributed by atoms with Gasteiger partial charge in [0.1, 0.15) is 5.82 Å². The standard InChI is InChI=1S/C18H23F2N3O2/c1-11-7-14(22-13-8-21-16(24)15(11)13)23-5-3-12(4-6-23)25-10-17(2)9-18(17,19)20/h7,12H,3-6,8-10H2,1-2H3,(H,21,24). The normalized spacial score (nSPS) is 28.0. The highest BCUT2D eigenvalue weighted by atomic mass is 19.3. The molecule has 2 aliphatic heterocycles. The van der Waals surface area contributed by atoms with Gasteiger partial charge in [-0.05, 0) is 31.4 Å². The van der Waals surface area contributed by atoms with Crippen LogP contribution in [0.2, 0.25) is 0 Å². The first kappa shape index (κ1) is 16.7. The summed E-state index contributed by atoms with van der Waals surface area (Å²) in [6, 6.07) is 1.96. The molecule has 0 aromatic carbocycles. The van der Waals surface area contributed by atoms with Crippen LogP contribution in [0.3, 0.4) is 0 Å². The molecule has 25 heavy (non-hydrogen) atoms. The Morgan fingerprint density at radius 2 is 2.08 bits per heavy atom. The molecule has 3 heterocycles. The molecule has 1 saturated heterocycles. The molecule has 5 nitrogen and oxygen atoms in total. The van der Waals surface area contributed by atoms with Crippen molar-refractivity contribution in [1.29, 1.82) is 0 Å². The van der Waals surface area contributed by atoms with E-state index in [-0.39, 0.29) is 25.0 Å². The molecule has 1 aromatic heterocycles. The summed E-state index contributed by atoms with van der Waals surface area (Å²) < 4.78 is 32.3. The van der Waals surface area contributed by atoms with Crippen LogP contribution >= 0.6 is 0 Å². The van der Waals surface area contributed by atoms with E-state index in [1.807, 2.05) is 13.0 Å². The van der Waals surface area contributed by atoms with E-state index in [4.69, 9.17) is 4.74 Å². The number of aromatic nitrogens is 1. The highest BCUT2D eigenvalue weighted by Gasteiger charge is 2.68. The lowest BCUT2D eigenvalue weighted by Gasteiger charge is -2.33. The Morgan fingerprint density at radius 3 is 2.72 bits per heavy atom. The summed E-state index contributed by atoms with van der Waals surface area (Å²) in [6.45, 7) is 5.70. The summed E-state index contributed by atoms with van der Waals surface area (Å²) in [5.41, 5.74) is 1.47. The van der Waals surface area contributed by atoms with E-state index in [9.17, 15) is 13.6 Å². The van der Waals surface area contributed by atoms with Crippen molar-refractivity contribution in [1.82, 2.24) is 10.3 Å². The maximum absolute atomic E-state index is 13.3. The van der Waals surface area contributed by atoms with Crippen molar-refractivity contribution in [3.63, 3.8) is 0 Å². The highest BCUT2D eigenvalue weighted by molar-refractivity contribution is 5.99. The van der Waals surface area contributed by atoms with Crippen LogP contribution in [-0.4, -0.2) is 42.6 Å². The molecule has 0 bridgehead atoms. The van der Waals surface area contributed by atoms with Crippen LogP contribution in [0.4, 0.5) is 14.6 Å². The number of aryl methyl sites for hydroxylation is 1. The number of nitrogens with one attached hydrogen (secondary N) is 1. The number of anilines is 1. The van der Waals surface area contributed by atoms with Crippen LogP contribution in [0.1, 0.15) is 47.8 Å². The molecule has 0 spiro atoms. The van der Waals surface area contributed by atoms with E-state index in [0.29, 0.717) is 12.1 Å². The van der Waals surface area contributed by atoms with Gasteiger partial charge in [-0.15, -0.1) is 0 Å². The topological polar surface area (TPSA) is 54.5 Å². The Labute approximate surface area is 145 Å². The van der Waals surface area contributed by atoms with Crippen LogP contribution in [-0.2, 0) is 11.3 Å². The van der Waals surface area contributed by atoms with Crippen molar-refractivity contribution >= 4 is 11.7 Å². The van der Waals surface area contributed by atoms with Crippen molar-refractivity contribution in [3.05, 3.63) is 22.9 Å². The summed E-state index contributed by atoms with van der Waals surface area (Å²) in [4.78, 5) is 18.6. The van der Waals surface area contributed by atoms with Gasteiger partial charge in [-0.1, -0.05) is 6.92 Å². The zero-order chi connectivity index (χ0) is 17.8. The van der Waals surface area contributed by atoms with Crippen LogP contribution in [0.15, 0.2) is 6.07 Å². The highest BCUT2D eigenvalue weighted by Crippen LogP contribution is 2.60. The minimum Gasteiger partial charge on any atom is -0.377 e. The maximum Gasteiger partial charge on any atom is 0.256 e. The van der Waals surface area contributed by atoms with Crippen molar-refractivity contribution < 1.29 is 18.3 Å². The van der Waals surface area contributed by atoms with Crippen LogP contribution in [0, 0.1) is 12.3 Å². The average molecular weight is 351 g/mol. The summed E-state index contributed by atoms with van der Waals surface area (Å²) >= 11 is 0. The second-order valence-electron chi connectivity index (χ2n) is 7.74. The van der Waals surface area contributed by atoms with Gasteiger partial charge in [0.2, 0.25) is 0 Å². The zero-order valence-electron chi connectivity index (χ0n) is 14.6. The van der Waals surface area contributed by atoms with E-state index in [1.165, 1.54) is 0 Å². The first-order valence-electron chi connectivity index (χ1n) is 8.82. The van der Waals surface area contributed by atoms with E-state index in [0.717, 1.165) is 43.0 Å². The number of hydrogen-bond acceptors (Lipinski definition) is 4. The van der Waals surface area contributed by atoms with Gasteiger partial charge in [0, 0.05) is 19.5 Å². The molecule has 7 heteroatoms. The van der Waals surface area contributed by atoms with Gasteiger partial charge in [-0.3, -0.25) is 4.79 Å². The summed E-state index contributed by atoms with van der Waals surface area (Å²) in [6.07, 6.45) is 1.57. The fourth-order valence-corrected chi connectivity index (χ4v) is 3.73. The number of piperidine rings is 1. The predicted octanol–water partition coefficient (Wildman–Crippen LogP) is 2.66. The fraction of sp³-hybridized carbons (Fsp3) is 0.667. The minimum atomic E-state index is -2.56. The van der Waals surface area contributed by atoms with E-state index in [2.05, 4.69) is 15.2 Å². The molecular weight excluding hydrogens is 328 g/mol. The SMILES string of the molecule is Cc1cc(N2CCC(OCC3(C)CC3(F)F)CC2)nc2c1C(=O)NC2. The molecule has 1 unspecified atom stereocenters. The quantitative estimate of drug-likeness (QED) is 0.906. The first-order chi connectivity index (χ1) is 11.8. The maximum atomic E-state index is 13.3. The Morgan fingerprint density at radius 1 is 1.40 bits per heavy atom. The van der Waals surface area contributed by atoms with Gasteiger partial charge < -0.3 is 15.0 Å². The Kier molecular flexibility index (Phi) is 3.76. The van der Waals surface area contributed by atoms with Crippen LogP contribution < -0.4 is 10.2 Å². The van der Waals surface area contributed by atoms with Crippen molar-refractivity contribution in [2.75, 3.05) is 24.6 Å². The summed E-state index contributed by atoms with van der Waals surface area (Å²) in [5, 5.41) is 2.81. The van der Waals surface area contributed by atoms with Crippen LogP contribution in [0.5, 0.6) is 0 Å². The van der Waals surface area contributed by atoms with Crippen molar-refractivity contribution in [2.45, 2.75) is 51.7 Å². The number of carbonyl (C=O) groups excluding carboxylic acids is 1. The van der Waals surface area contributed by atoms with Gasteiger partial charge in [-0.2, -0.15) is 0 Å². The largest absolute Gasteiger partial charge is 0.377 e. The Hall–Kier alpha value is -1.76. The summed E-state index contributed by atoms with van der Waals surface area (Å²) in [5.74, 6) is -1.73. The molecule has 1 N–H and O–H groups in total. The Bertz CT molecular complexity index is 717. The van der Waals surface area contributed by atoms with Crippen LogP contribution in [0.25, 0.3) is 0 Å². The third-order valence-electron chi connectivity index (χ3n) is 5.70. The monoisotopic (exact) mass is 351 g/mol. The average Bonchev–Trinajstić information content (AvgIpc) is 2.88. The fourth-order valence-electron chi connectivity index (χ4n) is 3.73. The second kappa shape index (κ2) is 5.62. The lowest BCUT2D eigenvalue weighted by Crippen LogP contribution is -2.38. The smallest absolute Gasteiger partial charge is 0.256 e. The number of halogens is 2. The lowest BCUT2D eigenvalue weighted by molar-refractivity contribution is -0.0245. The first-order valence-corrected chi connectivity index (χ1v) is 8.82. The molecule has 4 rings (SSSR count). The molecule has 1 aliphatic carbocycles. The molecule has 1 aromatic rings. The molecule has 1 atom stereocenters. The lowest BCUT2D eigenvalue weighted by atomic mass is 10.1. The molecule has 2 fully saturated rings. The zero-order valence-corrected chi connectivity index (χ0v) is 14.6. The third kappa shape index (κ3) is 2.88. The van der Waals surface area contributed by atoms with Gasteiger partial charge in [0.25, 0.3) is 11.8 Å². The van der Waals surface area contributed by atoms with Gasteiger partial charge in [0.05, 0.1) is 35.9 Å². The van der Waals surface area contributed by atoms with E-state index < -0.39 is 11.3 Å². The minimum absolute atomic E-state index is 0.0308. The number of hydrogen-bond donors (Lipinski definition) is 1. The summed E-state index contributed by atoms with van der Waals surface area (Å²) in [7, 11) is 0. The number of ether oxygens (including phenoxy) is 1. The number of nitrogens with zero attached hydrogens (tertiary/aromatic N) is 2. The predicted molar refractivity (Wildman–Crippen MR) is 89.0 cm³/mol. The van der Waals surface area contributed by atoms with Gasteiger partial charge in [0.15, 0.2) is 0 Å².